The SMILES string of the molecule is COc1ccc(S(=O)(=O)C2=C(C)Nc3cc(C)nn3C2c2ccc(Cl)cc2)cc1OC. The van der Waals surface area contributed by atoms with Crippen LogP contribution in [0.5, 0.6) is 11.5 Å². The molecule has 0 radical (unpaired) electrons. The number of rotatable bonds is 5. The number of hydrogen-bond donors (Lipinski definition) is 1. The molecule has 1 aliphatic rings. The van der Waals surface area contributed by atoms with E-state index in [0.717, 1.165) is 17.1 Å². The van der Waals surface area contributed by atoms with Gasteiger partial charge in [0.15, 0.2) is 11.5 Å². The van der Waals surface area contributed by atoms with Gasteiger partial charge in [0.25, 0.3) is 0 Å². The second-order valence-corrected chi connectivity index (χ2v) is 9.56. The lowest BCUT2D eigenvalue weighted by Crippen LogP contribution is -2.28. The fourth-order valence-corrected chi connectivity index (χ4v) is 5.65. The second-order valence-electron chi connectivity index (χ2n) is 7.20. The van der Waals surface area contributed by atoms with Gasteiger partial charge >= 0.3 is 0 Å². The summed E-state index contributed by atoms with van der Waals surface area (Å²) in [7, 11) is -0.952. The monoisotopic (exact) mass is 459 g/mol. The molecule has 1 N–H and O–H groups in total. The Labute approximate surface area is 186 Å². The van der Waals surface area contributed by atoms with Gasteiger partial charge in [0.2, 0.25) is 9.84 Å². The molecule has 9 heteroatoms. The van der Waals surface area contributed by atoms with Gasteiger partial charge in [-0.3, -0.25) is 0 Å². The van der Waals surface area contributed by atoms with E-state index in [1.807, 2.05) is 25.1 Å². The van der Waals surface area contributed by atoms with Crippen LogP contribution in [0.25, 0.3) is 0 Å². The lowest BCUT2D eigenvalue weighted by Gasteiger charge is -2.30. The maximum absolute atomic E-state index is 13.9. The van der Waals surface area contributed by atoms with Crippen molar-refractivity contribution in [3.63, 3.8) is 0 Å². The van der Waals surface area contributed by atoms with Crippen molar-refractivity contribution in [2.45, 2.75) is 24.8 Å². The molecule has 2 aromatic carbocycles. The van der Waals surface area contributed by atoms with Crippen LogP contribution in [0.15, 0.2) is 64.0 Å². The van der Waals surface area contributed by atoms with Crippen LogP contribution in [-0.4, -0.2) is 32.4 Å². The van der Waals surface area contributed by atoms with Gasteiger partial charge in [-0.2, -0.15) is 5.10 Å². The molecule has 0 aliphatic carbocycles. The van der Waals surface area contributed by atoms with Crippen LogP contribution < -0.4 is 14.8 Å². The third-order valence-corrected chi connectivity index (χ3v) is 7.41. The number of hydrogen-bond acceptors (Lipinski definition) is 6. The molecular formula is C22H22ClN3O4S. The Morgan fingerprint density at radius 3 is 2.32 bits per heavy atom. The minimum Gasteiger partial charge on any atom is -0.493 e. The van der Waals surface area contributed by atoms with E-state index < -0.39 is 15.9 Å². The summed E-state index contributed by atoms with van der Waals surface area (Å²) in [5.74, 6) is 1.51. The number of methoxy groups -OCH3 is 2. The Hall–Kier alpha value is -2.97. The summed E-state index contributed by atoms with van der Waals surface area (Å²) in [6, 6.07) is 12.9. The van der Waals surface area contributed by atoms with Crippen LogP contribution in [-0.2, 0) is 9.84 Å². The van der Waals surface area contributed by atoms with E-state index in [2.05, 4.69) is 10.4 Å². The zero-order valence-electron chi connectivity index (χ0n) is 17.5. The molecule has 0 fully saturated rings. The van der Waals surface area contributed by atoms with Crippen molar-refractivity contribution in [1.29, 1.82) is 0 Å². The highest BCUT2D eigenvalue weighted by molar-refractivity contribution is 7.95. The lowest BCUT2D eigenvalue weighted by molar-refractivity contribution is 0.354. The summed E-state index contributed by atoms with van der Waals surface area (Å²) in [6.45, 7) is 3.62. The molecule has 31 heavy (non-hydrogen) atoms. The summed E-state index contributed by atoms with van der Waals surface area (Å²) in [5.41, 5.74) is 2.06. The number of anilines is 1. The van der Waals surface area contributed by atoms with Crippen molar-refractivity contribution in [2.24, 2.45) is 0 Å². The van der Waals surface area contributed by atoms with E-state index >= 15 is 0 Å². The maximum atomic E-state index is 13.9. The molecule has 2 heterocycles. The number of nitrogens with one attached hydrogen (secondary N) is 1. The van der Waals surface area contributed by atoms with E-state index in [4.69, 9.17) is 21.1 Å². The molecule has 0 saturated carbocycles. The van der Waals surface area contributed by atoms with Crippen molar-refractivity contribution < 1.29 is 17.9 Å². The molecule has 4 rings (SSSR count). The molecule has 1 unspecified atom stereocenters. The van der Waals surface area contributed by atoms with E-state index in [1.54, 1.807) is 29.8 Å². The molecule has 7 nitrogen and oxygen atoms in total. The average Bonchev–Trinajstić information content (AvgIpc) is 3.12. The number of aromatic nitrogens is 2. The zero-order chi connectivity index (χ0) is 22.3. The first-order valence-corrected chi connectivity index (χ1v) is 11.4. The minimum atomic E-state index is -3.92. The van der Waals surface area contributed by atoms with Gasteiger partial charge in [0.1, 0.15) is 11.9 Å². The van der Waals surface area contributed by atoms with Crippen LogP contribution in [0.1, 0.15) is 24.2 Å². The minimum absolute atomic E-state index is 0.104. The molecule has 1 aromatic heterocycles. The third kappa shape index (κ3) is 3.66. The van der Waals surface area contributed by atoms with Gasteiger partial charge in [-0.05, 0) is 43.7 Å². The fourth-order valence-electron chi connectivity index (χ4n) is 3.77. The van der Waals surface area contributed by atoms with Crippen LogP contribution >= 0.6 is 11.6 Å². The second kappa shape index (κ2) is 7.94. The summed E-state index contributed by atoms with van der Waals surface area (Å²) in [5, 5.41) is 8.32. The standard InChI is InChI=1S/C22H22ClN3O4S/c1-13-11-20-24-14(2)22(21(26(20)25-13)15-5-7-16(23)8-6-15)31(27,28)17-9-10-18(29-3)19(12-17)30-4/h5-12,21,24H,1-4H3. The van der Waals surface area contributed by atoms with Crippen LogP contribution in [0, 0.1) is 6.92 Å². The van der Waals surface area contributed by atoms with Crippen molar-refractivity contribution in [3.8, 4) is 11.5 Å². The molecule has 0 spiro atoms. The van der Waals surface area contributed by atoms with Gasteiger partial charge < -0.3 is 14.8 Å². The Morgan fingerprint density at radius 2 is 1.68 bits per heavy atom. The highest BCUT2D eigenvalue weighted by Crippen LogP contribution is 2.42. The van der Waals surface area contributed by atoms with Gasteiger partial charge in [0.05, 0.1) is 29.7 Å². The van der Waals surface area contributed by atoms with Crippen LogP contribution in [0.2, 0.25) is 5.02 Å². The number of sulfone groups is 1. The molecule has 3 aromatic rings. The third-order valence-electron chi connectivity index (χ3n) is 5.18. The Balaban J connectivity index is 1.93. The number of halogens is 1. The number of allylic oxidation sites excluding steroid dienone is 2. The molecule has 0 saturated heterocycles. The first kappa shape index (κ1) is 21.3. The van der Waals surface area contributed by atoms with Crippen molar-refractivity contribution >= 4 is 27.3 Å². The zero-order valence-corrected chi connectivity index (χ0v) is 19.1. The largest absolute Gasteiger partial charge is 0.493 e. The molecule has 1 atom stereocenters. The molecule has 162 valence electrons. The first-order valence-electron chi connectivity index (χ1n) is 9.52. The van der Waals surface area contributed by atoms with Gasteiger partial charge in [-0.15, -0.1) is 0 Å². The van der Waals surface area contributed by atoms with Crippen LogP contribution in [0.4, 0.5) is 5.82 Å². The van der Waals surface area contributed by atoms with Gasteiger partial charge in [-0.25, -0.2) is 13.1 Å². The van der Waals surface area contributed by atoms with Gasteiger partial charge in [0, 0.05) is 22.9 Å². The quantitative estimate of drug-likeness (QED) is 0.601. The number of nitrogens with zero attached hydrogens (tertiary/aromatic N) is 2. The molecular weight excluding hydrogens is 438 g/mol. The van der Waals surface area contributed by atoms with Crippen molar-refractivity contribution in [2.75, 3.05) is 19.5 Å². The average molecular weight is 460 g/mol. The number of fused-ring (bicyclic) bond motifs is 1. The number of benzene rings is 2. The Morgan fingerprint density at radius 1 is 1.00 bits per heavy atom. The maximum Gasteiger partial charge on any atom is 0.207 e. The van der Waals surface area contributed by atoms with E-state index in [-0.39, 0.29) is 9.80 Å². The Bertz CT molecular complexity index is 1280. The summed E-state index contributed by atoms with van der Waals surface area (Å²) in [6.07, 6.45) is 0. The predicted molar refractivity (Wildman–Crippen MR) is 120 cm³/mol. The smallest absolute Gasteiger partial charge is 0.207 e. The summed E-state index contributed by atoms with van der Waals surface area (Å²) in [4.78, 5) is 0.310. The highest BCUT2D eigenvalue weighted by Gasteiger charge is 2.38. The summed E-state index contributed by atoms with van der Waals surface area (Å²) >= 11 is 6.08. The molecule has 1 aliphatic heterocycles. The predicted octanol–water partition coefficient (Wildman–Crippen LogP) is 4.58. The Kier molecular flexibility index (Phi) is 5.45. The van der Waals surface area contributed by atoms with E-state index in [1.165, 1.54) is 26.4 Å². The lowest BCUT2D eigenvalue weighted by atomic mass is 10.0. The first-order chi connectivity index (χ1) is 14.8. The molecule has 0 amide bonds. The van der Waals surface area contributed by atoms with Crippen LogP contribution in [0.3, 0.4) is 0 Å². The normalized spacial score (nSPS) is 16.0. The number of aryl methyl sites for hydroxylation is 1. The number of ether oxygens (including phenoxy) is 2. The van der Waals surface area contributed by atoms with Crippen molar-refractivity contribution in [1.82, 2.24) is 9.78 Å². The van der Waals surface area contributed by atoms with E-state index in [9.17, 15) is 8.42 Å². The fraction of sp³-hybridized carbons (Fsp3) is 0.227. The van der Waals surface area contributed by atoms with Gasteiger partial charge in [-0.1, -0.05) is 23.7 Å². The van der Waals surface area contributed by atoms with E-state index in [0.29, 0.717) is 22.2 Å². The topological polar surface area (TPSA) is 82.5 Å². The van der Waals surface area contributed by atoms with Crippen molar-refractivity contribution in [3.05, 3.63) is 75.4 Å². The molecule has 0 bridgehead atoms. The summed E-state index contributed by atoms with van der Waals surface area (Å²) < 4.78 is 40.0. The highest BCUT2D eigenvalue weighted by atomic mass is 35.5.